The third-order valence-electron chi connectivity index (χ3n) is 2.33. The molecule has 0 saturated carbocycles. The summed E-state index contributed by atoms with van der Waals surface area (Å²) in [6.07, 6.45) is 3.71. The molecule has 0 bridgehead atoms. The molecule has 88 valence electrons. The van der Waals surface area contributed by atoms with E-state index in [2.05, 4.69) is 4.98 Å². The van der Waals surface area contributed by atoms with Crippen molar-refractivity contribution in [2.45, 2.75) is 25.2 Å². The molecule has 1 N–H and O–H groups in total. The summed E-state index contributed by atoms with van der Waals surface area (Å²) in [6.45, 7) is 0. The van der Waals surface area contributed by atoms with Crippen LogP contribution in [0.1, 0.15) is 30.7 Å². The molecule has 3 nitrogen and oxygen atoms in total. The first kappa shape index (κ1) is 13.3. The summed E-state index contributed by atoms with van der Waals surface area (Å²) in [5.41, 5.74) is 0.687. The number of carbonyl (C=O) groups is 1. The minimum Gasteiger partial charge on any atom is -0.481 e. The summed E-state index contributed by atoms with van der Waals surface area (Å²) in [5, 5.41) is 9.47. The second-order valence-corrected chi connectivity index (χ2v) is 4.26. The monoisotopic (exact) mass is 261 g/mol. The number of aliphatic carboxylic acids is 1. The molecule has 1 aromatic heterocycles. The van der Waals surface area contributed by atoms with Gasteiger partial charge in [0.25, 0.3) is 0 Å². The number of unbranched alkanes of at least 4 members (excludes halogenated alkanes) is 1. The third-order valence-corrected chi connectivity index (χ3v) is 2.82. The molecule has 0 saturated heterocycles. The number of nitrogens with zero attached hydrogens (tertiary/aromatic N) is 1. The number of pyridine rings is 1. The second kappa shape index (κ2) is 6.71. The Morgan fingerprint density at radius 1 is 1.44 bits per heavy atom. The Balaban J connectivity index is 2.69. The van der Waals surface area contributed by atoms with E-state index in [1.165, 1.54) is 6.20 Å². The first-order valence-electron chi connectivity index (χ1n) is 5.05. The molecule has 1 rings (SSSR count). The van der Waals surface area contributed by atoms with Crippen LogP contribution in [0.15, 0.2) is 18.3 Å². The van der Waals surface area contributed by atoms with E-state index < -0.39 is 11.9 Å². The molecule has 0 aliphatic carbocycles. The first-order valence-corrected chi connectivity index (χ1v) is 5.96. The highest BCUT2D eigenvalue weighted by Crippen LogP contribution is 2.22. The molecule has 0 aromatic carbocycles. The van der Waals surface area contributed by atoms with Gasteiger partial charge in [-0.05, 0) is 24.5 Å². The van der Waals surface area contributed by atoms with Crippen LogP contribution in [-0.4, -0.2) is 21.9 Å². The molecular weight excluding hydrogens is 249 g/mol. The predicted molar refractivity (Wildman–Crippen MR) is 64.2 cm³/mol. The van der Waals surface area contributed by atoms with Crippen molar-refractivity contribution in [3.8, 4) is 0 Å². The van der Waals surface area contributed by atoms with Crippen LogP contribution in [0.5, 0.6) is 0 Å². The van der Waals surface area contributed by atoms with Gasteiger partial charge < -0.3 is 5.11 Å². The Morgan fingerprint density at radius 3 is 2.69 bits per heavy atom. The number of hydrogen-bond donors (Lipinski definition) is 1. The van der Waals surface area contributed by atoms with Gasteiger partial charge in [0.1, 0.15) is 5.15 Å². The first-order chi connectivity index (χ1) is 7.65. The lowest BCUT2D eigenvalue weighted by atomic mass is 9.95. The molecular formula is C11H13Cl2NO2. The van der Waals surface area contributed by atoms with Crippen molar-refractivity contribution >= 4 is 29.2 Å². The van der Waals surface area contributed by atoms with E-state index in [1.807, 2.05) is 0 Å². The van der Waals surface area contributed by atoms with Gasteiger partial charge in [-0.15, -0.1) is 11.6 Å². The topological polar surface area (TPSA) is 50.2 Å². The molecule has 0 aliphatic heterocycles. The predicted octanol–water partition coefficient (Wildman–Crippen LogP) is 3.31. The number of rotatable bonds is 6. The van der Waals surface area contributed by atoms with Crippen LogP contribution in [0.4, 0.5) is 0 Å². The number of aromatic nitrogens is 1. The van der Waals surface area contributed by atoms with Gasteiger partial charge in [0.15, 0.2) is 0 Å². The van der Waals surface area contributed by atoms with Gasteiger partial charge in [-0.1, -0.05) is 24.1 Å². The van der Waals surface area contributed by atoms with Gasteiger partial charge in [-0.2, -0.15) is 0 Å². The van der Waals surface area contributed by atoms with Gasteiger partial charge in [0.2, 0.25) is 0 Å². The fraction of sp³-hybridized carbons (Fsp3) is 0.455. The highest BCUT2D eigenvalue weighted by atomic mass is 35.5. The largest absolute Gasteiger partial charge is 0.481 e. The van der Waals surface area contributed by atoms with Crippen LogP contribution in [-0.2, 0) is 4.79 Å². The molecule has 0 amide bonds. The van der Waals surface area contributed by atoms with E-state index in [0.29, 0.717) is 23.0 Å². The minimum atomic E-state index is -0.835. The average Bonchev–Trinajstić information content (AvgIpc) is 2.26. The molecule has 5 heteroatoms. The average molecular weight is 262 g/mol. The molecule has 0 fully saturated rings. The summed E-state index contributed by atoms with van der Waals surface area (Å²) in [5.74, 6) is -0.794. The normalized spacial score (nSPS) is 12.4. The van der Waals surface area contributed by atoms with Crippen molar-refractivity contribution in [1.82, 2.24) is 4.98 Å². The maximum absolute atomic E-state index is 11.1. The summed E-state index contributed by atoms with van der Waals surface area (Å²) in [6, 6.07) is 3.31. The smallest absolute Gasteiger partial charge is 0.311 e. The van der Waals surface area contributed by atoms with E-state index in [1.54, 1.807) is 12.1 Å². The van der Waals surface area contributed by atoms with Crippen LogP contribution in [0, 0.1) is 0 Å². The third kappa shape index (κ3) is 3.99. The van der Waals surface area contributed by atoms with E-state index >= 15 is 0 Å². The van der Waals surface area contributed by atoms with Crippen molar-refractivity contribution in [1.29, 1.82) is 0 Å². The van der Waals surface area contributed by atoms with Gasteiger partial charge >= 0.3 is 5.97 Å². The summed E-state index contributed by atoms with van der Waals surface area (Å²) in [4.78, 5) is 15.0. The van der Waals surface area contributed by atoms with Gasteiger partial charge in [-0.3, -0.25) is 4.79 Å². The van der Waals surface area contributed by atoms with Gasteiger partial charge in [0.05, 0.1) is 5.92 Å². The number of hydrogen-bond acceptors (Lipinski definition) is 2. The Bertz CT molecular complexity index is 340. The van der Waals surface area contributed by atoms with Crippen molar-refractivity contribution in [3.05, 3.63) is 29.0 Å². The quantitative estimate of drug-likeness (QED) is 0.486. The Labute approximate surface area is 104 Å². The maximum Gasteiger partial charge on any atom is 0.311 e. The molecule has 0 radical (unpaired) electrons. The lowest BCUT2D eigenvalue weighted by Gasteiger charge is -2.11. The van der Waals surface area contributed by atoms with Crippen molar-refractivity contribution < 1.29 is 9.90 Å². The number of carboxylic acid groups (broad SMARTS) is 1. The van der Waals surface area contributed by atoms with Gasteiger partial charge in [0, 0.05) is 12.1 Å². The molecule has 0 aliphatic rings. The lowest BCUT2D eigenvalue weighted by molar-refractivity contribution is -0.139. The van der Waals surface area contributed by atoms with E-state index in [9.17, 15) is 4.79 Å². The molecule has 1 unspecified atom stereocenters. The SMILES string of the molecule is O=C(O)C(CCCCCl)c1ccc(Cl)nc1. The van der Waals surface area contributed by atoms with E-state index in [0.717, 1.165) is 12.8 Å². The highest BCUT2D eigenvalue weighted by molar-refractivity contribution is 6.29. The Morgan fingerprint density at radius 2 is 2.19 bits per heavy atom. The number of alkyl halides is 1. The second-order valence-electron chi connectivity index (χ2n) is 3.49. The van der Waals surface area contributed by atoms with Crippen molar-refractivity contribution in [2.24, 2.45) is 0 Å². The molecule has 1 heterocycles. The summed E-state index contributed by atoms with van der Waals surface area (Å²) in [7, 11) is 0. The van der Waals surface area contributed by atoms with Crippen molar-refractivity contribution in [2.75, 3.05) is 5.88 Å². The summed E-state index contributed by atoms with van der Waals surface area (Å²) >= 11 is 11.2. The summed E-state index contributed by atoms with van der Waals surface area (Å²) < 4.78 is 0. The van der Waals surface area contributed by atoms with Crippen LogP contribution in [0.25, 0.3) is 0 Å². The van der Waals surface area contributed by atoms with Crippen LogP contribution in [0.3, 0.4) is 0 Å². The van der Waals surface area contributed by atoms with Crippen LogP contribution >= 0.6 is 23.2 Å². The Kier molecular flexibility index (Phi) is 5.56. The van der Waals surface area contributed by atoms with Crippen LogP contribution in [0.2, 0.25) is 5.15 Å². The number of carboxylic acids is 1. The van der Waals surface area contributed by atoms with Crippen LogP contribution < -0.4 is 0 Å². The number of halogens is 2. The lowest BCUT2D eigenvalue weighted by Crippen LogP contribution is -2.12. The Hall–Kier alpha value is -0.800. The molecule has 0 spiro atoms. The standard InChI is InChI=1S/C11H13Cl2NO2/c12-6-2-1-3-9(11(15)16)8-4-5-10(13)14-7-8/h4-5,7,9H,1-3,6H2,(H,15,16). The molecule has 1 atom stereocenters. The van der Waals surface area contributed by atoms with Gasteiger partial charge in [-0.25, -0.2) is 4.98 Å². The minimum absolute atomic E-state index is 0.369. The molecule has 16 heavy (non-hydrogen) atoms. The zero-order valence-corrected chi connectivity index (χ0v) is 10.2. The fourth-order valence-corrected chi connectivity index (χ4v) is 1.77. The maximum atomic E-state index is 11.1. The zero-order valence-electron chi connectivity index (χ0n) is 8.70. The molecule has 1 aromatic rings. The zero-order chi connectivity index (χ0) is 12.0. The van der Waals surface area contributed by atoms with E-state index in [-0.39, 0.29) is 0 Å². The highest BCUT2D eigenvalue weighted by Gasteiger charge is 2.19. The van der Waals surface area contributed by atoms with E-state index in [4.69, 9.17) is 28.3 Å². The van der Waals surface area contributed by atoms with Crippen molar-refractivity contribution in [3.63, 3.8) is 0 Å². The fourth-order valence-electron chi connectivity index (χ4n) is 1.47.